The largest absolute Gasteiger partial charge is 0.381 e. The fraction of sp³-hybridized carbons (Fsp3) is 0.667. The summed E-state index contributed by atoms with van der Waals surface area (Å²) in [6.45, 7) is 4.20. The summed E-state index contributed by atoms with van der Waals surface area (Å²) in [5.74, 6) is 0.637. The van der Waals surface area contributed by atoms with E-state index in [0.717, 1.165) is 13.2 Å². The Labute approximate surface area is 128 Å². The summed E-state index contributed by atoms with van der Waals surface area (Å²) in [5, 5.41) is 3.58. The van der Waals surface area contributed by atoms with Gasteiger partial charge in [0.05, 0.1) is 0 Å². The van der Waals surface area contributed by atoms with Crippen LogP contribution < -0.4 is 5.32 Å². The summed E-state index contributed by atoms with van der Waals surface area (Å²) in [4.78, 5) is 2.62. The molecule has 0 saturated carbocycles. The Morgan fingerprint density at radius 1 is 1.14 bits per heavy atom. The lowest BCUT2D eigenvalue weighted by molar-refractivity contribution is 0.0171. The van der Waals surface area contributed by atoms with Crippen molar-refractivity contribution in [3.8, 4) is 0 Å². The Balaban J connectivity index is 1.85. The van der Waals surface area contributed by atoms with Crippen LogP contribution in [0.15, 0.2) is 24.3 Å². The van der Waals surface area contributed by atoms with Crippen molar-refractivity contribution < 1.29 is 4.74 Å². The molecule has 3 rings (SSSR count). The van der Waals surface area contributed by atoms with Crippen LogP contribution in [-0.4, -0.2) is 44.3 Å². The van der Waals surface area contributed by atoms with E-state index in [1.165, 1.54) is 30.4 Å². The van der Waals surface area contributed by atoms with Crippen molar-refractivity contribution >= 4 is 0 Å². The van der Waals surface area contributed by atoms with Crippen LogP contribution in [0.3, 0.4) is 0 Å². The van der Waals surface area contributed by atoms with Gasteiger partial charge in [-0.05, 0) is 50.4 Å². The molecular formula is C18H28N2O. The summed E-state index contributed by atoms with van der Waals surface area (Å²) in [6, 6.07) is 10.6. The van der Waals surface area contributed by atoms with Crippen molar-refractivity contribution in [2.75, 3.05) is 27.3 Å². The number of nitrogens with zero attached hydrogens (tertiary/aromatic N) is 1. The maximum atomic E-state index is 5.53. The number of ether oxygens (including phenoxy) is 1. The van der Waals surface area contributed by atoms with Gasteiger partial charge in [0.15, 0.2) is 0 Å². The standard InChI is InChI=1S/C18H28N2O/c1-13-12-17(20(3)14-8-10-21-11-9-14)18(19-2)16-7-5-4-6-15(13)16/h4-7,13-14,17-19H,8-12H2,1-3H3. The molecule has 1 aromatic rings. The normalized spacial score (nSPS) is 30.4. The SMILES string of the molecule is CNC1c2ccccc2C(C)CC1N(C)C1CCOCC1. The fourth-order valence-electron chi connectivity index (χ4n) is 4.19. The van der Waals surface area contributed by atoms with E-state index in [2.05, 4.69) is 55.5 Å². The maximum absolute atomic E-state index is 5.53. The topological polar surface area (TPSA) is 24.5 Å². The van der Waals surface area contributed by atoms with Gasteiger partial charge in [0, 0.05) is 31.3 Å². The Bertz CT molecular complexity index is 470. The second-order valence-electron chi connectivity index (χ2n) is 6.61. The van der Waals surface area contributed by atoms with Gasteiger partial charge in [-0.1, -0.05) is 31.2 Å². The number of hydrogen-bond donors (Lipinski definition) is 1. The zero-order valence-electron chi connectivity index (χ0n) is 13.5. The first-order chi connectivity index (χ1) is 10.2. The van der Waals surface area contributed by atoms with Crippen LogP contribution in [0.1, 0.15) is 49.3 Å². The molecule has 0 radical (unpaired) electrons. The molecular weight excluding hydrogens is 260 g/mol. The average Bonchev–Trinajstić information content (AvgIpc) is 2.55. The van der Waals surface area contributed by atoms with Crippen molar-refractivity contribution in [3.05, 3.63) is 35.4 Å². The van der Waals surface area contributed by atoms with Crippen LogP contribution >= 0.6 is 0 Å². The zero-order valence-corrected chi connectivity index (χ0v) is 13.5. The van der Waals surface area contributed by atoms with Crippen molar-refractivity contribution in [2.45, 2.75) is 50.2 Å². The molecule has 3 heteroatoms. The zero-order chi connectivity index (χ0) is 14.8. The molecule has 3 nitrogen and oxygen atoms in total. The fourth-order valence-corrected chi connectivity index (χ4v) is 4.19. The molecule has 3 unspecified atom stereocenters. The van der Waals surface area contributed by atoms with Crippen LogP contribution in [0.2, 0.25) is 0 Å². The van der Waals surface area contributed by atoms with Gasteiger partial charge in [-0.25, -0.2) is 0 Å². The molecule has 1 heterocycles. The minimum absolute atomic E-state index is 0.435. The van der Waals surface area contributed by atoms with E-state index in [-0.39, 0.29) is 0 Å². The van der Waals surface area contributed by atoms with E-state index in [1.807, 2.05) is 0 Å². The molecule has 0 aromatic heterocycles. The Morgan fingerprint density at radius 3 is 2.48 bits per heavy atom. The number of fused-ring (bicyclic) bond motifs is 1. The quantitative estimate of drug-likeness (QED) is 0.925. The average molecular weight is 288 g/mol. The molecule has 2 aliphatic rings. The number of likely N-dealkylation sites (N-methyl/N-ethyl adjacent to an activating group) is 2. The van der Waals surface area contributed by atoms with Gasteiger partial charge in [0.25, 0.3) is 0 Å². The number of rotatable bonds is 3. The second kappa shape index (κ2) is 6.47. The minimum Gasteiger partial charge on any atom is -0.381 e. The lowest BCUT2D eigenvalue weighted by Crippen LogP contribution is -2.50. The van der Waals surface area contributed by atoms with Crippen molar-refractivity contribution in [1.82, 2.24) is 10.2 Å². The highest BCUT2D eigenvalue weighted by Gasteiger charge is 2.36. The number of hydrogen-bond acceptors (Lipinski definition) is 3. The van der Waals surface area contributed by atoms with Crippen LogP contribution in [0, 0.1) is 0 Å². The van der Waals surface area contributed by atoms with Crippen molar-refractivity contribution in [1.29, 1.82) is 0 Å². The third kappa shape index (κ3) is 2.87. The smallest absolute Gasteiger partial charge is 0.0480 e. The predicted molar refractivity (Wildman–Crippen MR) is 86.7 cm³/mol. The van der Waals surface area contributed by atoms with Gasteiger partial charge in [-0.2, -0.15) is 0 Å². The molecule has 116 valence electrons. The predicted octanol–water partition coefficient (Wildman–Crippen LogP) is 2.93. The van der Waals surface area contributed by atoms with E-state index in [0.29, 0.717) is 24.0 Å². The summed E-state index contributed by atoms with van der Waals surface area (Å²) >= 11 is 0. The highest BCUT2D eigenvalue weighted by molar-refractivity contribution is 5.36. The molecule has 1 saturated heterocycles. The summed E-state index contributed by atoms with van der Waals surface area (Å²) in [5.41, 5.74) is 3.01. The van der Waals surface area contributed by atoms with Crippen LogP contribution in [0.4, 0.5) is 0 Å². The molecule has 0 bridgehead atoms. The lowest BCUT2D eigenvalue weighted by atomic mass is 9.77. The molecule has 1 N–H and O–H groups in total. The van der Waals surface area contributed by atoms with E-state index in [9.17, 15) is 0 Å². The van der Waals surface area contributed by atoms with E-state index in [1.54, 1.807) is 0 Å². The monoisotopic (exact) mass is 288 g/mol. The maximum Gasteiger partial charge on any atom is 0.0480 e. The van der Waals surface area contributed by atoms with Crippen LogP contribution in [0.25, 0.3) is 0 Å². The van der Waals surface area contributed by atoms with Gasteiger partial charge in [-0.3, -0.25) is 4.90 Å². The van der Waals surface area contributed by atoms with E-state index < -0.39 is 0 Å². The first kappa shape index (κ1) is 15.0. The third-order valence-corrected chi connectivity index (χ3v) is 5.44. The first-order valence-electron chi connectivity index (χ1n) is 8.28. The molecule has 3 atom stereocenters. The summed E-state index contributed by atoms with van der Waals surface area (Å²) in [7, 11) is 4.41. The van der Waals surface area contributed by atoms with Crippen LogP contribution in [-0.2, 0) is 4.74 Å². The van der Waals surface area contributed by atoms with Gasteiger partial charge in [0.1, 0.15) is 0 Å². The summed E-state index contributed by atoms with van der Waals surface area (Å²) < 4.78 is 5.53. The Hall–Kier alpha value is -0.900. The van der Waals surface area contributed by atoms with Gasteiger partial charge in [0.2, 0.25) is 0 Å². The molecule has 1 aromatic carbocycles. The highest BCUT2D eigenvalue weighted by Crippen LogP contribution is 2.40. The number of nitrogens with one attached hydrogen (secondary N) is 1. The third-order valence-electron chi connectivity index (χ3n) is 5.44. The van der Waals surface area contributed by atoms with Crippen molar-refractivity contribution in [2.24, 2.45) is 0 Å². The van der Waals surface area contributed by atoms with Crippen molar-refractivity contribution in [3.63, 3.8) is 0 Å². The molecule has 1 fully saturated rings. The first-order valence-corrected chi connectivity index (χ1v) is 8.28. The highest BCUT2D eigenvalue weighted by atomic mass is 16.5. The lowest BCUT2D eigenvalue weighted by Gasteiger charge is -2.45. The number of benzene rings is 1. The molecule has 0 spiro atoms. The summed E-state index contributed by atoms with van der Waals surface area (Å²) in [6.07, 6.45) is 3.56. The van der Waals surface area contributed by atoms with Gasteiger partial charge < -0.3 is 10.1 Å². The minimum atomic E-state index is 0.435. The molecule has 0 amide bonds. The van der Waals surface area contributed by atoms with Gasteiger partial charge in [-0.15, -0.1) is 0 Å². The molecule has 21 heavy (non-hydrogen) atoms. The molecule has 1 aliphatic heterocycles. The van der Waals surface area contributed by atoms with E-state index >= 15 is 0 Å². The van der Waals surface area contributed by atoms with E-state index in [4.69, 9.17) is 4.74 Å². The molecule has 1 aliphatic carbocycles. The Kier molecular flexibility index (Phi) is 4.63. The second-order valence-corrected chi connectivity index (χ2v) is 6.61. The van der Waals surface area contributed by atoms with Crippen LogP contribution in [0.5, 0.6) is 0 Å². The Morgan fingerprint density at radius 2 is 1.81 bits per heavy atom. The van der Waals surface area contributed by atoms with Gasteiger partial charge >= 0.3 is 0 Å².